The van der Waals surface area contributed by atoms with Gasteiger partial charge in [-0.05, 0) is 52.1 Å². The lowest BCUT2D eigenvalue weighted by molar-refractivity contribution is 0.419. The second-order valence-electron chi connectivity index (χ2n) is 5.80. The SMILES string of the molecule is COc1cc2c(c3ccc4ccccc4c13)CCC2C. The lowest BCUT2D eigenvalue weighted by atomic mass is 9.94. The third kappa shape index (κ3) is 1.49. The van der Waals surface area contributed by atoms with E-state index in [1.165, 1.54) is 45.5 Å². The number of rotatable bonds is 1. The van der Waals surface area contributed by atoms with Crippen molar-refractivity contribution in [2.24, 2.45) is 0 Å². The standard InChI is InChI=1S/C19H18O/c1-12-7-9-15-16-10-8-13-5-3-4-6-14(13)19(16)18(20-2)11-17(12)15/h3-6,8,10-12H,7,9H2,1-2H3. The average Bonchev–Trinajstić information content (AvgIpc) is 2.87. The van der Waals surface area contributed by atoms with Gasteiger partial charge in [0.1, 0.15) is 5.75 Å². The fourth-order valence-electron chi connectivity index (χ4n) is 3.64. The summed E-state index contributed by atoms with van der Waals surface area (Å²) in [7, 11) is 1.78. The fraction of sp³-hybridized carbons (Fsp3) is 0.263. The summed E-state index contributed by atoms with van der Waals surface area (Å²) in [5.41, 5.74) is 3.00. The van der Waals surface area contributed by atoms with Gasteiger partial charge in [0.2, 0.25) is 0 Å². The minimum Gasteiger partial charge on any atom is -0.496 e. The molecule has 4 rings (SSSR count). The zero-order valence-electron chi connectivity index (χ0n) is 11.9. The molecule has 1 aliphatic rings. The number of ether oxygens (including phenoxy) is 1. The summed E-state index contributed by atoms with van der Waals surface area (Å²) < 4.78 is 5.71. The van der Waals surface area contributed by atoms with Gasteiger partial charge in [-0.2, -0.15) is 0 Å². The number of benzene rings is 3. The monoisotopic (exact) mass is 262 g/mol. The Morgan fingerprint density at radius 2 is 1.90 bits per heavy atom. The van der Waals surface area contributed by atoms with Crippen molar-refractivity contribution in [1.29, 1.82) is 0 Å². The van der Waals surface area contributed by atoms with Gasteiger partial charge in [0.25, 0.3) is 0 Å². The molecule has 0 aliphatic heterocycles. The largest absolute Gasteiger partial charge is 0.496 e. The molecule has 0 N–H and O–H groups in total. The topological polar surface area (TPSA) is 9.23 Å². The predicted molar refractivity (Wildman–Crippen MR) is 84.7 cm³/mol. The Kier molecular flexibility index (Phi) is 2.50. The van der Waals surface area contributed by atoms with E-state index in [9.17, 15) is 0 Å². The summed E-state index contributed by atoms with van der Waals surface area (Å²) in [6.07, 6.45) is 2.44. The highest BCUT2D eigenvalue weighted by Gasteiger charge is 2.23. The minimum atomic E-state index is 0.648. The number of hydrogen-bond donors (Lipinski definition) is 0. The van der Waals surface area contributed by atoms with Crippen LogP contribution < -0.4 is 4.74 Å². The molecule has 100 valence electrons. The maximum Gasteiger partial charge on any atom is 0.127 e. The van der Waals surface area contributed by atoms with Crippen LogP contribution in [-0.4, -0.2) is 7.11 Å². The van der Waals surface area contributed by atoms with Gasteiger partial charge in [0.05, 0.1) is 7.11 Å². The molecule has 0 radical (unpaired) electrons. The molecule has 1 aliphatic carbocycles. The summed E-state index contributed by atoms with van der Waals surface area (Å²) in [6.45, 7) is 2.32. The summed E-state index contributed by atoms with van der Waals surface area (Å²) in [4.78, 5) is 0. The van der Waals surface area contributed by atoms with E-state index in [0.29, 0.717) is 5.92 Å². The second-order valence-corrected chi connectivity index (χ2v) is 5.80. The molecular weight excluding hydrogens is 244 g/mol. The van der Waals surface area contributed by atoms with Gasteiger partial charge in [0, 0.05) is 5.39 Å². The molecule has 0 fully saturated rings. The molecule has 1 atom stereocenters. The Morgan fingerprint density at radius 3 is 2.75 bits per heavy atom. The second kappa shape index (κ2) is 4.24. The van der Waals surface area contributed by atoms with Crippen LogP contribution in [0.1, 0.15) is 30.4 Å². The van der Waals surface area contributed by atoms with Crippen LogP contribution in [0, 0.1) is 0 Å². The first kappa shape index (κ1) is 11.8. The highest BCUT2D eigenvalue weighted by atomic mass is 16.5. The number of methoxy groups -OCH3 is 1. The Labute approximate surface area is 119 Å². The van der Waals surface area contributed by atoms with Crippen LogP contribution in [0.4, 0.5) is 0 Å². The van der Waals surface area contributed by atoms with Gasteiger partial charge in [-0.3, -0.25) is 0 Å². The van der Waals surface area contributed by atoms with E-state index >= 15 is 0 Å². The molecule has 1 heteroatoms. The van der Waals surface area contributed by atoms with E-state index in [2.05, 4.69) is 49.4 Å². The first-order valence-electron chi connectivity index (χ1n) is 7.31. The van der Waals surface area contributed by atoms with E-state index in [0.717, 1.165) is 5.75 Å². The van der Waals surface area contributed by atoms with Gasteiger partial charge in [-0.15, -0.1) is 0 Å². The highest BCUT2D eigenvalue weighted by molar-refractivity contribution is 6.12. The van der Waals surface area contributed by atoms with Crippen molar-refractivity contribution in [2.75, 3.05) is 7.11 Å². The zero-order valence-corrected chi connectivity index (χ0v) is 11.9. The van der Waals surface area contributed by atoms with Crippen molar-refractivity contribution in [3.63, 3.8) is 0 Å². The smallest absolute Gasteiger partial charge is 0.127 e. The van der Waals surface area contributed by atoms with Crippen LogP contribution in [-0.2, 0) is 6.42 Å². The molecule has 0 spiro atoms. The Balaban J connectivity index is 2.21. The molecule has 0 amide bonds. The van der Waals surface area contributed by atoms with Crippen LogP contribution in [0.5, 0.6) is 5.75 Å². The zero-order chi connectivity index (χ0) is 13.7. The first-order chi connectivity index (χ1) is 9.79. The predicted octanol–water partition coefficient (Wildman–Crippen LogP) is 5.05. The minimum absolute atomic E-state index is 0.648. The van der Waals surface area contributed by atoms with E-state index in [1.807, 2.05) is 0 Å². The number of hydrogen-bond acceptors (Lipinski definition) is 1. The Bertz CT molecular complexity index is 817. The van der Waals surface area contributed by atoms with Crippen molar-refractivity contribution < 1.29 is 4.74 Å². The van der Waals surface area contributed by atoms with E-state index in [1.54, 1.807) is 7.11 Å². The van der Waals surface area contributed by atoms with Gasteiger partial charge in [0.15, 0.2) is 0 Å². The number of aryl methyl sites for hydroxylation is 1. The Morgan fingerprint density at radius 1 is 1.05 bits per heavy atom. The summed E-state index contributed by atoms with van der Waals surface area (Å²) in [6, 6.07) is 15.3. The van der Waals surface area contributed by atoms with Crippen molar-refractivity contribution in [1.82, 2.24) is 0 Å². The molecule has 0 saturated carbocycles. The van der Waals surface area contributed by atoms with Crippen molar-refractivity contribution in [3.05, 3.63) is 53.6 Å². The lowest BCUT2D eigenvalue weighted by Gasteiger charge is -2.14. The molecule has 0 aromatic heterocycles. The summed E-state index contributed by atoms with van der Waals surface area (Å²) in [5, 5.41) is 5.23. The van der Waals surface area contributed by atoms with Gasteiger partial charge in [-0.1, -0.05) is 43.3 Å². The summed E-state index contributed by atoms with van der Waals surface area (Å²) in [5.74, 6) is 1.67. The molecule has 1 unspecified atom stereocenters. The Hall–Kier alpha value is -2.02. The molecular formula is C19H18O. The maximum absolute atomic E-state index is 5.71. The maximum atomic E-state index is 5.71. The summed E-state index contributed by atoms with van der Waals surface area (Å²) >= 11 is 0. The molecule has 0 heterocycles. The molecule has 20 heavy (non-hydrogen) atoms. The molecule has 3 aromatic rings. The van der Waals surface area contributed by atoms with E-state index in [4.69, 9.17) is 4.74 Å². The average molecular weight is 262 g/mol. The molecule has 1 nitrogen and oxygen atoms in total. The lowest BCUT2D eigenvalue weighted by Crippen LogP contribution is -1.93. The van der Waals surface area contributed by atoms with Crippen LogP contribution >= 0.6 is 0 Å². The molecule has 3 aromatic carbocycles. The number of fused-ring (bicyclic) bond motifs is 5. The quantitative estimate of drug-likeness (QED) is 0.557. The van der Waals surface area contributed by atoms with Crippen molar-refractivity contribution in [3.8, 4) is 5.75 Å². The first-order valence-corrected chi connectivity index (χ1v) is 7.31. The normalized spacial score (nSPS) is 17.6. The van der Waals surface area contributed by atoms with Crippen molar-refractivity contribution in [2.45, 2.75) is 25.7 Å². The molecule has 0 bridgehead atoms. The third-order valence-electron chi connectivity index (χ3n) is 4.71. The third-order valence-corrected chi connectivity index (χ3v) is 4.71. The van der Waals surface area contributed by atoms with Crippen LogP contribution in [0.2, 0.25) is 0 Å². The highest BCUT2D eigenvalue weighted by Crippen LogP contribution is 2.43. The van der Waals surface area contributed by atoms with E-state index < -0.39 is 0 Å². The van der Waals surface area contributed by atoms with Crippen LogP contribution in [0.3, 0.4) is 0 Å². The van der Waals surface area contributed by atoms with E-state index in [-0.39, 0.29) is 0 Å². The van der Waals surface area contributed by atoms with Gasteiger partial charge < -0.3 is 4.74 Å². The van der Waals surface area contributed by atoms with Crippen molar-refractivity contribution >= 4 is 21.5 Å². The fourth-order valence-corrected chi connectivity index (χ4v) is 3.64. The molecule has 0 saturated heterocycles. The van der Waals surface area contributed by atoms with Gasteiger partial charge in [-0.25, -0.2) is 0 Å². The van der Waals surface area contributed by atoms with Crippen LogP contribution in [0.25, 0.3) is 21.5 Å². The van der Waals surface area contributed by atoms with Crippen LogP contribution in [0.15, 0.2) is 42.5 Å². The van der Waals surface area contributed by atoms with Gasteiger partial charge >= 0.3 is 0 Å².